The molecule has 6 heteroatoms. The second-order valence-electron chi connectivity index (χ2n) is 4.73. The van der Waals surface area contributed by atoms with E-state index in [1.807, 2.05) is 6.92 Å². The van der Waals surface area contributed by atoms with Crippen molar-refractivity contribution in [2.45, 2.75) is 40.2 Å². The van der Waals surface area contributed by atoms with Crippen molar-refractivity contribution in [1.82, 2.24) is 10.6 Å². The number of halogens is 1. The zero-order valence-electron chi connectivity index (χ0n) is 12.6. The zero-order valence-corrected chi connectivity index (χ0v) is 14.9. The van der Waals surface area contributed by atoms with Crippen LogP contribution in [0.1, 0.15) is 34.1 Å². The highest BCUT2D eigenvalue weighted by atomic mass is 127. The summed E-state index contributed by atoms with van der Waals surface area (Å²) in [5.41, 5.74) is 0. The van der Waals surface area contributed by atoms with Gasteiger partial charge < -0.3 is 20.5 Å². The zero-order chi connectivity index (χ0) is 13.8. The molecule has 1 unspecified atom stereocenters. The molecule has 3 N–H and O–H groups in total. The lowest BCUT2D eigenvalue weighted by Gasteiger charge is -2.13. The first kappa shape index (κ1) is 21.2. The number of nitrogens with one attached hydrogen (secondary N) is 2. The van der Waals surface area contributed by atoms with Crippen LogP contribution in [0, 0.1) is 5.92 Å². The molecule has 0 saturated heterocycles. The SMILES string of the molecule is CCCNC(=NCC(O)COCC(C)C)NCC.I. The van der Waals surface area contributed by atoms with Crippen LogP contribution in [0.4, 0.5) is 0 Å². The Bertz CT molecular complexity index is 226. The largest absolute Gasteiger partial charge is 0.389 e. The molecule has 116 valence electrons. The molecule has 0 aromatic rings. The van der Waals surface area contributed by atoms with Crippen molar-refractivity contribution in [3.8, 4) is 0 Å². The van der Waals surface area contributed by atoms with Gasteiger partial charge in [0.15, 0.2) is 5.96 Å². The van der Waals surface area contributed by atoms with E-state index in [1.54, 1.807) is 0 Å². The fourth-order valence-corrected chi connectivity index (χ4v) is 1.27. The molecule has 0 saturated carbocycles. The van der Waals surface area contributed by atoms with Crippen LogP contribution in [0.5, 0.6) is 0 Å². The van der Waals surface area contributed by atoms with Gasteiger partial charge in [-0.1, -0.05) is 20.8 Å². The number of hydrogen-bond donors (Lipinski definition) is 3. The van der Waals surface area contributed by atoms with Gasteiger partial charge in [-0.3, -0.25) is 4.99 Å². The third-order valence-corrected chi connectivity index (χ3v) is 2.11. The standard InChI is InChI=1S/C13H29N3O2.HI/c1-5-7-15-13(14-6-2)16-8-12(17)10-18-9-11(3)4;/h11-12,17H,5-10H2,1-4H3,(H2,14,15,16);1H. The minimum atomic E-state index is -0.541. The second kappa shape index (κ2) is 14.3. The van der Waals surface area contributed by atoms with E-state index >= 15 is 0 Å². The summed E-state index contributed by atoms with van der Waals surface area (Å²) in [7, 11) is 0. The number of nitrogens with zero attached hydrogens (tertiary/aromatic N) is 1. The Kier molecular flexibility index (Phi) is 16.0. The summed E-state index contributed by atoms with van der Waals surface area (Å²) in [4.78, 5) is 4.31. The molecule has 0 spiro atoms. The highest BCUT2D eigenvalue weighted by Crippen LogP contribution is 1.94. The molecule has 0 rings (SSSR count). The predicted molar refractivity (Wildman–Crippen MR) is 91.4 cm³/mol. The van der Waals surface area contributed by atoms with Crippen molar-refractivity contribution >= 4 is 29.9 Å². The third kappa shape index (κ3) is 14.1. The van der Waals surface area contributed by atoms with Crippen LogP contribution in [0.3, 0.4) is 0 Å². The molecule has 5 nitrogen and oxygen atoms in total. The van der Waals surface area contributed by atoms with Gasteiger partial charge in [0, 0.05) is 19.7 Å². The number of aliphatic imine (C=N–C) groups is 1. The van der Waals surface area contributed by atoms with Crippen LogP contribution in [-0.2, 0) is 4.74 Å². The highest BCUT2D eigenvalue weighted by Gasteiger charge is 2.05. The first-order chi connectivity index (χ1) is 8.60. The maximum Gasteiger partial charge on any atom is 0.191 e. The van der Waals surface area contributed by atoms with E-state index in [9.17, 15) is 5.11 Å². The van der Waals surface area contributed by atoms with Gasteiger partial charge in [0.05, 0.1) is 19.3 Å². The molecule has 0 bridgehead atoms. The maximum absolute atomic E-state index is 9.72. The summed E-state index contributed by atoms with van der Waals surface area (Å²) in [6.07, 6.45) is 0.505. The predicted octanol–water partition coefficient (Wildman–Crippen LogP) is 1.60. The summed E-state index contributed by atoms with van der Waals surface area (Å²) in [5.74, 6) is 1.24. The lowest BCUT2D eigenvalue weighted by atomic mass is 10.2. The summed E-state index contributed by atoms with van der Waals surface area (Å²) in [5, 5.41) is 16.0. The fraction of sp³-hybridized carbons (Fsp3) is 0.923. The smallest absolute Gasteiger partial charge is 0.191 e. The van der Waals surface area contributed by atoms with E-state index in [0.29, 0.717) is 25.7 Å². The normalized spacial score (nSPS) is 13.1. The molecular formula is C13H30IN3O2. The van der Waals surface area contributed by atoms with Crippen molar-refractivity contribution in [3.05, 3.63) is 0 Å². The first-order valence-corrected chi connectivity index (χ1v) is 6.88. The van der Waals surface area contributed by atoms with Crippen LogP contribution < -0.4 is 10.6 Å². The Balaban J connectivity index is 0. The van der Waals surface area contributed by atoms with Gasteiger partial charge in [0.1, 0.15) is 0 Å². The Hall–Kier alpha value is -0.0800. The first-order valence-electron chi connectivity index (χ1n) is 6.88. The number of ether oxygens (including phenoxy) is 1. The van der Waals surface area contributed by atoms with E-state index in [-0.39, 0.29) is 24.0 Å². The molecule has 1 atom stereocenters. The van der Waals surface area contributed by atoms with Gasteiger partial charge in [-0.05, 0) is 19.3 Å². The summed E-state index contributed by atoms with van der Waals surface area (Å²) in [6.45, 7) is 11.4. The molecule has 0 fully saturated rings. The average molecular weight is 387 g/mol. The topological polar surface area (TPSA) is 65.9 Å². The van der Waals surface area contributed by atoms with E-state index in [4.69, 9.17) is 4.74 Å². The number of hydrogen-bond acceptors (Lipinski definition) is 3. The van der Waals surface area contributed by atoms with Gasteiger partial charge in [0.25, 0.3) is 0 Å². The Labute approximate surface area is 134 Å². The highest BCUT2D eigenvalue weighted by molar-refractivity contribution is 14.0. The summed E-state index contributed by atoms with van der Waals surface area (Å²) in [6, 6.07) is 0. The Morgan fingerprint density at radius 1 is 1.21 bits per heavy atom. The van der Waals surface area contributed by atoms with E-state index in [2.05, 4.69) is 36.4 Å². The van der Waals surface area contributed by atoms with E-state index < -0.39 is 6.10 Å². The molecule has 0 aliphatic heterocycles. The van der Waals surface area contributed by atoms with Gasteiger partial charge in [0.2, 0.25) is 0 Å². The summed E-state index contributed by atoms with van der Waals surface area (Å²) < 4.78 is 5.37. The molecule has 0 radical (unpaired) electrons. The third-order valence-electron chi connectivity index (χ3n) is 2.11. The lowest BCUT2D eigenvalue weighted by Crippen LogP contribution is -2.38. The number of aliphatic hydroxyl groups is 1. The van der Waals surface area contributed by atoms with Crippen molar-refractivity contribution in [1.29, 1.82) is 0 Å². The van der Waals surface area contributed by atoms with Gasteiger partial charge in [-0.25, -0.2) is 0 Å². The van der Waals surface area contributed by atoms with Crippen LogP contribution in [-0.4, -0.2) is 50.0 Å². The average Bonchev–Trinajstić information content (AvgIpc) is 2.32. The molecule has 0 aliphatic carbocycles. The lowest BCUT2D eigenvalue weighted by molar-refractivity contribution is 0.0301. The number of aliphatic hydroxyl groups excluding tert-OH is 1. The molecule has 0 aromatic carbocycles. The van der Waals surface area contributed by atoms with E-state index in [1.165, 1.54) is 0 Å². The molecule has 0 amide bonds. The molecule has 19 heavy (non-hydrogen) atoms. The van der Waals surface area contributed by atoms with Crippen molar-refractivity contribution < 1.29 is 9.84 Å². The molecule has 0 aliphatic rings. The summed E-state index contributed by atoms with van der Waals surface area (Å²) >= 11 is 0. The van der Waals surface area contributed by atoms with Gasteiger partial charge in [-0.2, -0.15) is 0 Å². The molecule has 0 aromatic heterocycles. The number of rotatable bonds is 9. The molecular weight excluding hydrogens is 357 g/mol. The maximum atomic E-state index is 9.72. The van der Waals surface area contributed by atoms with Crippen LogP contribution in [0.2, 0.25) is 0 Å². The Morgan fingerprint density at radius 2 is 1.89 bits per heavy atom. The Morgan fingerprint density at radius 3 is 2.42 bits per heavy atom. The molecule has 0 heterocycles. The van der Waals surface area contributed by atoms with Gasteiger partial charge >= 0.3 is 0 Å². The van der Waals surface area contributed by atoms with Crippen molar-refractivity contribution in [2.75, 3.05) is 32.8 Å². The van der Waals surface area contributed by atoms with Gasteiger partial charge in [-0.15, -0.1) is 24.0 Å². The van der Waals surface area contributed by atoms with Crippen LogP contribution in [0.25, 0.3) is 0 Å². The van der Waals surface area contributed by atoms with Crippen LogP contribution >= 0.6 is 24.0 Å². The monoisotopic (exact) mass is 387 g/mol. The van der Waals surface area contributed by atoms with Crippen LogP contribution in [0.15, 0.2) is 4.99 Å². The van der Waals surface area contributed by atoms with Crippen molar-refractivity contribution in [3.63, 3.8) is 0 Å². The fourth-order valence-electron chi connectivity index (χ4n) is 1.27. The minimum absolute atomic E-state index is 0. The van der Waals surface area contributed by atoms with Crippen molar-refractivity contribution in [2.24, 2.45) is 10.9 Å². The second-order valence-corrected chi connectivity index (χ2v) is 4.73. The van der Waals surface area contributed by atoms with E-state index in [0.717, 1.165) is 25.5 Å². The minimum Gasteiger partial charge on any atom is -0.389 e. The quantitative estimate of drug-likeness (QED) is 0.320. The number of guanidine groups is 1.